The summed E-state index contributed by atoms with van der Waals surface area (Å²) in [5.41, 5.74) is -0.00795. The number of aromatic hydroxyl groups is 4. The second-order valence-electron chi connectivity index (χ2n) is 13.0. The van der Waals surface area contributed by atoms with Crippen LogP contribution in [0.5, 0.6) is 28.7 Å². The van der Waals surface area contributed by atoms with Crippen LogP contribution in [0.2, 0.25) is 0 Å². The highest BCUT2D eigenvalue weighted by atomic mass is 16.8. The van der Waals surface area contributed by atoms with Gasteiger partial charge in [-0.1, -0.05) is 0 Å². The Morgan fingerprint density at radius 1 is 0.642 bits per heavy atom. The highest BCUT2D eigenvalue weighted by Gasteiger charge is 2.52. The Bertz CT molecular complexity index is 1740. The molecule has 15 unspecified atom stereocenters. The minimum atomic E-state index is -2.00. The SMILES string of the molecule is CC1OC(OCC2OC(Oc3cc4c(O)cc(O)cc4[o+]c3-c3ccc(O)c(O)c3)C(OC3OC(CO)C(O)C(O)C3O)C(O)C2O)C(O)C(O)C1O. The maximum absolute atomic E-state index is 11.4. The molecule has 20 heteroatoms. The Morgan fingerprint density at radius 3 is 2.00 bits per heavy atom. The van der Waals surface area contributed by atoms with E-state index in [0.29, 0.717) is 0 Å². The van der Waals surface area contributed by atoms with Gasteiger partial charge >= 0.3 is 11.3 Å². The van der Waals surface area contributed by atoms with Crippen LogP contribution in [0.25, 0.3) is 22.3 Å². The Hall–Kier alpha value is -3.71. The molecule has 3 aromatic rings. The summed E-state index contributed by atoms with van der Waals surface area (Å²) >= 11 is 0. The summed E-state index contributed by atoms with van der Waals surface area (Å²) < 4.78 is 40.4. The average Bonchev–Trinajstić information content (AvgIpc) is 3.12. The molecular formula is C33H41O20+. The van der Waals surface area contributed by atoms with Gasteiger partial charge in [-0.15, -0.1) is 0 Å². The first-order valence-electron chi connectivity index (χ1n) is 16.4. The van der Waals surface area contributed by atoms with Crippen molar-refractivity contribution < 1.29 is 99.2 Å². The second kappa shape index (κ2) is 15.6. The van der Waals surface area contributed by atoms with Crippen molar-refractivity contribution in [2.45, 2.75) is 99.0 Å². The summed E-state index contributed by atoms with van der Waals surface area (Å²) in [6, 6.07) is 6.93. The van der Waals surface area contributed by atoms with Crippen molar-refractivity contribution in [3.63, 3.8) is 0 Å². The lowest BCUT2D eigenvalue weighted by Gasteiger charge is -2.46. The number of hydrogen-bond acceptors (Lipinski definition) is 19. The highest BCUT2D eigenvalue weighted by Crippen LogP contribution is 2.43. The van der Waals surface area contributed by atoms with Crippen LogP contribution in [0.3, 0.4) is 0 Å². The molecule has 3 aliphatic heterocycles. The fourth-order valence-electron chi connectivity index (χ4n) is 6.22. The number of phenolic OH excluding ortho intramolecular Hbond substituents is 4. The van der Waals surface area contributed by atoms with Gasteiger partial charge in [0.25, 0.3) is 0 Å². The lowest BCUT2D eigenvalue weighted by atomic mass is 9.97. The van der Waals surface area contributed by atoms with Gasteiger partial charge in [0.2, 0.25) is 12.0 Å². The fraction of sp³-hybridized carbons (Fsp3) is 0.545. The van der Waals surface area contributed by atoms with Gasteiger partial charge in [-0.3, -0.25) is 0 Å². The Balaban J connectivity index is 1.37. The molecule has 0 aliphatic carbocycles. The number of fused-ring (bicyclic) bond motifs is 1. The van der Waals surface area contributed by atoms with Crippen LogP contribution in [-0.4, -0.2) is 172 Å². The van der Waals surface area contributed by atoms with Crippen molar-refractivity contribution in [2.24, 2.45) is 0 Å². The minimum Gasteiger partial charge on any atom is -0.507 e. The number of aliphatic hydroxyl groups is 9. The van der Waals surface area contributed by atoms with Crippen LogP contribution in [0.15, 0.2) is 40.8 Å². The molecule has 3 aliphatic rings. The van der Waals surface area contributed by atoms with E-state index in [1.165, 1.54) is 19.1 Å². The summed E-state index contributed by atoms with van der Waals surface area (Å²) in [6.07, 6.45) is -25.4. The minimum absolute atomic E-state index is 0.0227. The van der Waals surface area contributed by atoms with Crippen molar-refractivity contribution in [3.8, 4) is 40.1 Å². The van der Waals surface area contributed by atoms with Crippen LogP contribution >= 0.6 is 0 Å². The Kier molecular flexibility index (Phi) is 11.5. The van der Waals surface area contributed by atoms with E-state index >= 15 is 0 Å². The van der Waals surface area contributed by atoms with Crippen LogP contribution < -0.4 is 4.74 Å². The van der Waals surface area contributed by atoms with Gasteiger partial charge in [0.1, 0.15) is 77.9 Å². The molecule has 0 saturated carbocycles. The van der Waals surface area contributed by atoms with Crippen LogP contribution in [-0.2, 0) is 23.7 Å². The molecule has 20 nitrogen and oxygen atoms in total. The van der Waals surface area contributed by atoms with Crippen molar-refractivity contribution in [3.05, 3.63) is 36.4 Å². The zero-order chi connectivity index (χ0) is 38.5. The van der Waals surface area contributed by atoms with Gasteiger partial charge < -0.3 is 94.8 Å². The third-order valence-electron chi connectivity index (χ3n) is 9.31. The molecule has 13 N–H and O–H groups in total. The van der Waals surface area contributed by atoms with Gasteiger partial charge in [-0.05, 0) is 19.1 Å². The first-order chi connectivity index (χ1) is 25.1. The monoisotopic (exact) mass is 757 g/mol. The first-order valence-corrected chi connectivity index (χ1v) is 16.4. The van der Waals surface area contributed by atoms with E-state index in [2.05, 4.69) is 0 Å². The zero-order valence-corrected chi connectivity index (χ0v) is 27.7. The van der Waals surface area contributed by atoms with Crippen molar-refractivity contribution >= 4 is 11.0 Å². The molecule has 0 amide bonds. The summed E-state index contributed by atoms with van der Waals surface area (Å²) in [5, 5.41) is 135. The average molecular weight is 758 g/mol. The molecule has 6 rings (SSSR count). The molecule has 292 valence electrons. The van der Waals surface area contributed by atoms with Crippen LogP contribution in [0.4, 0.5) is 0 Å². The lowest BCUT2D eigenvalue weighted by molar-refractivity contribution is -0.362. The molecule has 0 spiro atoms. The van der Waals surface area contributed by atoms with E-state index in [0.717, 1.165) is 24.3 Å². The largest absolute Gasteiger partial charge is 0.507 e. The number of rotatable bonds is 9. The van der Waals surface area contributed by atoms with E-state index in [1.807, 2.05) is 0 Å². The van der Waals surface area contributed by atoms with Gasteiger partial charge in [-0.2, -0.15) is 0 Å². The van der Waals surface area contributed by atoms with Crippen molar-refractivity contribution in [1.82, 2.24) is 0 Å². The molecule has 1 aromatic heterocycles. The fourth-order valence-corrected chi connectivity index (χ4v) is 6.22. The molecule has 0 bridgehead atoms. The Labute approximate surface area is 299 Å². The third-order valence-corrected chi connectivity index (χ3v) is 9.31. The van der Waals surface area contributed by atoms with Gasteiger partial charge in [0, 0.05) is 18.2 Å². The van der Waals surface area contributed by atoms with E-state index in [9.17, 15) is 66.4 Å². The summed E-state index contributed by atoms with van der Waals surface area (Å²) in [4.78, 5) is 0. The maximum atomic E-state index is 11.4. The quantitative estimate of drug-likeness (QED) is 0.0767. The molecule has 15 atom stereocenters. The van der Waals surface area contributed by atoms with E-state index in [-0.39, 0.29) is 33.8 Å². The van der Waals surface area contributed by atoms with Crippen LogP contribution in [0, 0.1) is 0 Å². The van der Waals surface area contributed by atoms with Gasteiger partial charge in [0.15, 0.2) is 30.2 Å². The summed E-state index contributed by atoms with van der Waals surface area (Å²) in [6.45, 7) is -0.0603. The maximum Gasteiger partial charge on any atom is 0.402 e. The topological polar surface area (TPSA) is 330 Å². The molecule has 4 heterocycles. The highest BCUT2D eigenvalue weighted by molar-refractivity contribution is 5.88. The molecular weight excluding hydrogens is 716 g/mol. The normalized spacial score (nSPS) is 37.8. The molecule has 3 fully saturated rings. The predicted molar refractivity (Wildman–Crippen MR) is 171 cm³/mol. The van der Waals surface area contributed by atoms with Gasteiger partial charge in [0.05, 0.1) is 30.9 Å². The number of ether oxygens (including phenoxy) is 6. The number of benzene rings is 2. The number of phenols is 4. The Morgan fingerprint density at radius 2 is 1.30 bits per heavy atom. The smallest absolute Gasteiger partial charge is 0.402 e. The number of hydrogen-bond donors (Lipinski definition) is 13. The zero-order valence-electron chi connectivity index (χ0n) is 27.7. The van der Waals surface area contributed by atoms with E-state index in [1.54, 1.807) is 0 Å². The van der Waals surface area contributed by atoms with Crippen LogP contribution in [0.1, 0.15) is 6.92 Å². The standard InChI is InChI=1S/C33H40O20/c1-10-21(39)24(42)27(45)31(48-10)47-9-20-23(41)26(44)30(53-32-28(46)25(43)22(40)19(8-34)51-32)33(52-20)50-18-7-13-15(37)5-12(35)6-17(13)49-29(18)11-2-3-14(36)16(38)4-11/h2-7,10,19-28,30-34,39-46H,8-9H2,1H3,(H3-,35,36,37,38)/p+1. The van der Waals surface area contributed by atoms with Gasteiger partial charge in [-0.25, -0.2) is 4.42 Å². The third kappa shape index (κ3) is 7.65. The second-order valence-corrected chi connectivity index (χ2v) is 13.0. The van der Waals surface area contributed by atoms with Crippen molar-refractivity contribution in [1.29, 1.82) is 0 Å². The number of aliphatic hydroxyl groups excluding tert-OH is 9. The summed E-state index contributed by atoms with van der Waals surface area (Å²) in [7, 11) is 0. The molecule has 2 aromatic carbocycles. The van der Waals surface area contributed by atoms with E-state index < -0.39 is 123 Å². The first kappa shape index (κ1) is 39.0. The molecule has 0 radical (unpaired) electrons. The lowest BCUT2D eigenvalue weighted by Crippen LogP contribution is -2.65. The van der Waals surface area contributed by atoms with E-state index in [4.69, 9.17) is 32.8 Å². The van der Waals surface area contributed by atoms with Crippen molar-refractivity contribution in [2.75, 3.05) is 13.2 Å². The molecule has 3 saturated heterocycles. The predicted octanol–water partition coefficient (Wildman–Crippen LogP) is -2.94. The molecule has 53 heavy (non-hydrogen) atoms. The summed E-state index contributed by atoms with van der Waals surface area (Å²) in [5.74, 6) is -2.41.